The van der Waals surface area contributed by atoms with Gasteiger partial charge >= 0.3 is 0 Å². The summed E-state index contributed by atoms with van der Waals surface area (Å²) in [5, 5.41) is 0. The summed E-state index contributed by atoms with van der Waals surface area (Å²) in [6.07, 6.45) is 2.10. The van der Waals surface area contributed by atoms with Crippen molar-refractivity contribution in [3.8, 4) is 0 Å². The molecule has 72 valence electrons. The fourth-order valence-corrected chi connectivity index (χ4v) is 1.58. The molecule has 0 bridgehead atoms. The Labute approximate surface area is 72.3 Å². The van der Waals surface area contributed by atoms with Gasteiger partial charge in [-0.1, -0.05) is 6.42 Å². The summed E-state index contributed by atoms with van der Waals surface area (Å²) in [5.74, 6) is -2.95. The van der Waals surface area contributed by atoms with Crippen LogP contribution in [0.15, 0.2) is 0 Å². The number of hydrogen-bond acceptors (Lipinski definition) is 1. The summed E-state index contributed by atoms with van der Waals surface area (Å²) in [6.45, 7) is 3.30. The molecule has 1 aliphatic rings. The minimum atomic E-state index is -2.55. The summed E-state index contributed by atoms with van der Waals surface area (Å²) in [7, 11) is 0. The highest BCUT2D eigenvalue weighted by molar-refractivity contribution is 4.89. The SMILES string of the molecule is CC(C)(N)CC(F)(F)C1CCC1. The Balaban J connectivity index is 2.47. The average Bonchev–Trinajstić information content (AvgIpc) is 1.45. The molecule has 1 nitrogen and oxygen atoms in total. The van der Waals surface area contributed by atoms with Crippen LogP contribution in [0.1, 0.15) is 39.5 Å². The van der Waals surface area contributed by atoms with Gasteiger partial charge in [0.25, 0.3) is 5.92 Å². The van der Waals surface area contributed by atoms with Crippen LogP contribution in [0, 0.1) is 5.92 Å². The van der Waals surface area contributed by atoms with E-state index in [1.807, 2.05) is 0 Å². The van der Waals surface area contributed by atoms with E-state index >= 15 is 0 Å². The second kappa shape index (κ2) is 2.95. The second-order valence-electron chi connectivity index (χ2n) is 4.55. The van der Waals surface area contributed by atoms with Crippen LogP contribution in [0.2, 0.25) is 0 Å². The molecule has 2 N–H and O–H groups in total. The molecule has 1 rings (SSSR count). The van der Waals surface area contributed by atoms with Crippen LogP contribution < -0.4 is 5.73 Å². The van der Waals surface area contributed by atoms with E-state index in [-0.39, 0.29) is 6.42 Å². The molecule has 0 unspecified atom stereocenters. The van der Waals surface area contributed by atoms with E-state index in [0.29, 0.717) is 12.8 Å². The summed E-state index contributed by atoms with van der Waals surface area (Å²) < 4.78 is 26.6. The van der Waals surface area contributed by atoms with Crippen molar-refractivity contribution in [2.75, 3.05) is 0 Å². The van der Waals surface area contributed by atoms with Gasteiger partial charge in [0.05, 0.1) is 0 Å². The molecule has 0 amide bonds. The van der Waals surface area contributed by atoms with E-state index in [1.54, 1.807) is 13.8 Å². The normalized spacial score (nSPS) is 20.8. The van der Waals surface area contributed by atoms with E-state index in [4.69, 9.17) is 5.73 Å². The molecule has 0 aliphatic heterocycles. The van der Waals surface area contributed by atoms with Gasteiger partial charge in [0.2, 0.25) is 0 Å². The minimum Gasteiger partial charge on any atom is -0.325 e. The van der Waals surface area contributed by atoms with Crippen molar-refractivity contribution >= 4 is 0 Å². The van der Waals surface area contributed by atoms with Gasteiger partial charge in [-0.15, -0.1) is 0 Å². The minimum absolute atomic E-state index is 0.190. The third kappa shape index (κ3) is 2.41. The van der Waals surface area contributed by atoms with Gasteiger partial charge in [0.15, 0.2) is 0 Å². The molecule has 0 heterocycles. The maximum Gasteiger partial charge on any atom is 0.252 e. The third-order valence-corrected chi connectivity index (χ3v) is 2.39. The Hall–Kier alpha value is -0.180. The zero-order valence-corrected chi connectivity index (χ0v) is 7.74. The van der Waals surface area contributed by atoms with Gasteiger partial charge in [-0.25, -0.2) is 8.78 Å². The molecule has 1 fully saturated rings. The lowest BCUT2D eigenvalue weighted by Gasteiger charge is -2.36. The van der Waals surface area contributed by atoms with Crippen LogP contribution in [0.5, 0.6) is 0 Å². The van der Waals surface area contributed by atoms with Crippen molar-refractivity contribution in [3.05, 3.63) is 0 Å². The Bertz CT molecular complexity index is 156. The van der Waals surface area contributed by atoms with Gasteiger partial charge in [0, 0.05) is 17.9 Å². The van der Waals surface area contributed by atoms with Crippen LogP contribution in [-0.4, -0.2) is 11.5 Å². The molecule has 12 heavy (non-hydrogen) atoms. The van der Waals surface area contributed by atoms with Crippen molar-refractivity contribution in [1.82, 2.24) is 0 Å². The molecule has 0 spiro atoms. The first-order valence-corrected chi connectivity index (χ1v) is 4.48. The largest absolute Gasteiger partial charge is 0.325 e. The summed E-state index contributed by atoms with van der Waals surface area (Å²) in [6, 6.07) is 0. The summed E-state index contributed by atoms with van der Waals surface area (Å²) in [4.78, 5) is 0. The number of alkyl halides is 2. The maximum absolute atomic E-state index is 13.3. The Morgan fingerprint density at radius 3 is 2.08 bits per heavy atom. The molecular weight excluding hydrogens is 160 g/mol. The Kier molecular flexibility index (Phi) is 2.43. The van der Waals surface area contributed by atoms with Crippen molar-refractivity contribution < 1.29 is 8.78 Å². The molecule has 1 saturated carbocycles. The first kappa shape index (κ1) is 9.90. The zero-order valence-electron chi connectivity index (χ0n) is 7.74. The molecule has 0 aromatic carbocycles. The third-order valence-electron chi connectivity index (χ3n) is 2.39. The lowest BCUT2D eigenvalue weighted by molar-refractivity contribution is -0.104. The smallest absolute Gasteiger partial charge is 0.252 e. The lowest BCUT2D eigenvalue weighted by Crippen LogP contribution is -2.44. The molecule has 0 radical (unpaired) electrons. The highest BCUT2D eigenvalue weighted by atomic mass is 19.3. The van der Waals surface area contributed by atoms with E-state index in [1.165, 1.54) is 0 Å². The number of hydrogen-bond donors (Lipinski definition) is 1. The van der Waals surface area contributed by atoms with Gasteiger partial charge < -0.3 is 5.73 Å². The number of nitrogens with two attached hydrogens (primary N) is 1. The first-order chi connectivity index (χ1) is 5.31. The standard InChI is InChI=1S/C9H17F2N/c1-8(2,12)6-9(10,11)7-4-3-5-7/h7H,3-6,12H2,1-2H3. The van der Waals surface area contributed by atoms with Gasteiger partial charge in [-0.2, -0.15) is 0 Å². The van der Waals surface area contributed by atoms with E-state index in [2.05, 4.69) is 0 Å². The molecule has 0 aromatic heterocycles. The fraction of sp³-hybridized carbons (Fsp3) is 1.00. The van der Waals surface area contributed by atoms with Crippen LogP contribution in [0.3, 0.4) is 0 Å². The van der Waals surface area contributed by atoms with Gasteiger partial charge in [-0.05, 0) is 26.7 Å². The van der Waals surface area contributed by atoms with Crippen molar-refractivity contribution in [3.63, 3.8) is 0 Å². The highest BCUT2D eigenvalue weighted by Gasteiger charge is 2.45. The Morgan fingerprint density at radius 2 is 1.83 bits per heavy atom. The zero-order chi connectivity index (χ0) is 9.41. The van der Waals surface area contributed by atoms with Crippen LogP contribution in [0.25, 0.3) is 0 Å². The van der Waals surface area contributed by atoms with Crippen LogP contribution in [-0.2, 0) is 0 Å². The average molecular weight is 177 g/mol. The number of halogens is 2. The maximum atomic E-state index is 13.3. The predicted molar refractivity (Wildman–Crippen MR) is 45.2 cm³/mol. The van der Waals surface area contributed by atoms with Crippen molar-refractivity contribution in [2.45, 2.75) is 51.0 Å². The summed E-state index contributed by atoms with van der Waals surface area (Å²) >= 11 is 0. The van der Waals surface area contributed by atoms with Gasteiger partial charge in [0.1, 0.15) is 0 Å². The van der Waals surface area contributed by atoms with Crippen LogP contribution in [0.4, 0.5) is 8.78 Å². The fourth-order valence-electron chi connectivity index (χ4n) is 1.58. The molecule has 0 atom stereocenters. The predicted octanol–water partition coefficient (Wildman–Crippen LogP) is 2.55. The second-order valence-corrected chi connectivity index (χ2v) is 4.55. The summed E-state index contributed by atoms with van der Waals surface area (Å²) in [5.41, 5.74) is 4.81. The van der Waals surface area contributed by atoms with E-state index < -0.39 is 17.4 Å². The van der Waals surface area contributed by atoms with Gasteiger partial charge in [-0.3, -0.25) is 0 Å². The van der Waals surface area contributed by atoms with Crippen molar-refractivity contribution in [2.24, 2.45) is 11.7 Å². The van der Waals surface area contributed by atoms with E-state index in [9.17, 15) is 8.78 Å². The van der Waals surface area contributed by atoms with Crippen molar-refractivity contribution in [1.29, 1.82) is 0 Å². The first-order valence-electron chi connectivity index (χ1n) is 4.48. The molecule has 0 aromatic rings. The quantitative estimate of drug-likeness (QED) is 0.704. The van der Waals surface area contributed by atoms with E-state index in [0.717, 1.165) is 6.42 Å². The molecule has 3 heteroatoms. The topological polar surface area (TPSA) is 26.0 Å². The molecular formula is C9H17F2N. The van der Waals surface area contributed by atoms with Crippen LogP contribution >= 0.6 is 0 Å². The molecule has 1 aliphatic carbocycles. The highest BCUT2D eigenvalue weighted by Crippen LogP contribution is 2.43. The number of rotatable bonds is 3. The molecule has 0 saturated heterocycles. The lowest BCUT2D eigenvalue weighted by atomic mass is 9.77. The monoisotopic (exact) mass is 177 g/mol. The Morgan fingerprint density at radius 1 is 1.33 bits per heavy atom.